The largest absolute Gasteiger partial charge is 0.480 e. The Morgan fingerprint density at radius 3 is 2.83 bits per heavy atom. The molecule has 0 saturated heterocycles. The summed E-state index contributed by atoms with van der Waals surface area (Å²) in [6.45, 7) is 0. The predicted octanol–water partition coefficient (Wildman–Crippen LogP) is 2.20. The molecule has 0 radical (unpaired) electrons. The number of nitrogens with zero attached hydrogens (tertiary/aromatic N) is 1. The molecule has 4 nitrogen and oxygen atoms in total. The Bertz CT molecular complexity index is 579. The first kappa shape index (κ1) is 12.1. The second kappa shape index (κ2) is 4.31. The Kier molecular flexibility index (Phi) is 2.90. The monoisotopic (exact) mass is 285 g/mol. The highest BCUT2D eigenvalue weighted by atomic mass is 35.5. The number of hydrogen-bond acceptors (Lipinski definition) is 3. The Morgan fingerprint density at radius 2 is 2.28 bits per heavy atom. The predicted molar refractivity (Wildman–Crippen MR) is 69.6 cm³/mol. The molecule has 2 heterocycles. The average molecular weight is 286 g/mol. The van der Waals surface area contributed by atoms with Gasteiger partial charge in [-0.25, -0.2) is 4.79 Å². The van der Waals surface area contributed by atoms with Gasteiger partial charge in [-0.15, -0.1) is 23.4 Å². The molecule has 1 unspecified atom stereocenters. The van der Waals surface area contributed by atoms with Gasteiger partial charge >= 0.3 is 5.97 Å². The molecule has 1 N–H and O–H groups in total. The summed E-state index contributed by atoms with van der Waals surface area (Å²) in [5.74, 6) is 0.257. The first-order valence-electron chi connectivity index (χ1n) is 5.83. The third-order valence-corrected chi connectivity index (χ3v) is 4.89. The SMILES string of the molecule is O=C(O)C1CSc2c(C3CC3)c(CCl)cc(=O)n21. The average Bonchev–Trinajstić information content (AvgIpc) is 3.05. The molecule has 2 aliphatic rings. The molecule has 0 bridgehead atoms. The molecule has 0 spiro atoms. The fourth-order valence-electron chi connectivity index (χ4n) is 2.44. The smallest absolute Gasteiger partial charge is 0.327 e. The second-order valence-corrected chi connectivity index (χ2v) is 5.95. The van der Waals surface area contributed by atoms with Crippen molar-refractivity contribution >= 4 is 29.3 Å². The quantitative estimate of drug-likeness (QED) is 0.865. The topological polar surface area (TPSA) is 59.3 Å². The van der Waals surface area contributed by atoms with Gasteiger partial charge in [-0.3, -0.25) is 9.36 Å². The van der Waals surface area contributed by atoms with Crippen LogP contribution in [0.1, 0.15) is 35.9 Å². The van der Waals surface area contributed by atoms with Gasteiger partial charge in [0.2, 0.25) is 0 Å². The van der Waals surface area contributed by atoms with Gasteiger partial charge in [-0.2, -0.15) is 0 Å². The highest BCUT2D eigenvalue weighted by Crippen LogP contribution is 2.48. The van der Waals surface area contributed by atoms with Crippen molar-refractivity contribution in [3.8, 4) is 0 Å². The molecule has 1 aliphatic heterocycles. The van der Waals surface area contributed by atoms with Crippen molar-refractivity contribution in [2.75, 3.05) is 5.75 Å². The number of carboxylic acids is 1. The van der Waals surface area contributed by atoms with E-state index in [0.29, 0.717) is 17.6 Å². The number of halogens is 1. The van der Waals surface area contributed by atoms with Crippen LogP contribution >= 0.6 is 23.4 Å². The van der Waals surface area contributed by atoms with Gasteiger partial charge in [0.25, 0.3) is 5.56 Å². The molecule has 1 aliphatic carbocycles. The summed E-state index contributed by atoms with van der Waals surface area (Å²) in [5.41, 5.74) is 1.73. The van der Waals surface area contributed by atoms with Gasteiger partial charge in [0.15, 0.2) is 0 Å². The molecule has 1 fully saturated rings. The number of hydrogen-bond donors (Lipinski definition) is 1. The molecular weight excluding hydrogens is 274 g/mol. The third kappa shape index (κ3) is 1.77. The normalized spacial score (nSPS) is 21.9. The molecule has 18 heavy (non-hydrogen) atoms. The number of carboxylic acid groups (broad SMARTS) is 1. The lowest BCUT2D eigenvalue weighted by atomic mass is 10.1. The van der Waals surface area contributed by atoms with E-state index in [4.69, 9.17) is 16.7 Å². The minimum atomic E-state index is -0.941. The van der Waals surface area contributed by atoms with Crippen LogP contribution in [-0.4, -0.2) is 21.4 Å². The van der Waals surface area contributed by atoms with E-state index < -0.39 is 12.0 Å². The molecular formula is C12H12ClNO3S. The number of alkyl halides is 1. The van der Waals surface area contributed by atoms with Gasteiger partial charge in [0.05, 0.1) is 5.03 Å². The second-order valence-electron chi connectivity index (χ2n) is 4.67. The summed E-state index contributed by atoms with van der Waals surface area (Å²) in [6.07, 6.45) is 2.21. The van der Waals surface area contributed by atoms with Gasteiger partial charge in [0.1, 0.15) is 6.04 Å². The van der Waals surface area contributed by atoms with E-state index in [0.717, 1.165) is 29.0 Å². The molecule has 1 atom stereocenters. The lowest BCUT2D eigenvalue weighted by Crippen LogP contribution is -2.29. The number of fused-ring (bicyclic) bond motifs is 1. The third-order valence-electron chi connectivity index (χ3n) is 3.43. The van der Waals surface area contributed by atoms with E-state index in [1.54, 1.807) is 0 Å². The Labute approximate surface area is 113 Å². The van der Waals surface area contributed by atoms with Crippen LogP contribution in [0.2, 0.25) is 0 Å². The molecule has 1 aromatic heterocycles. The van der Waals surface area contributed by atoms with E-state index in [1.807, 2.05) is 0 Å². The lowest BCUT2D eigenvalue weighted by Gasteiger charge is -2.14. The van der Waals surface area contributed by atoms with Crippen molar-refractivity contribution in [1.29, 1.82) is 0 Å². The zero-order chi connectivity index (χ0) is 12.9. The van der Waals surface area contributed by atoms with Crippen LogP contribution in [0.5, 0.6) is 0 Å². The highest BCUT2D eigenvalue weighted by Gasteiger charge is 2.37. The fourth-order valence-corrected chi connectivity index (χ4v) is 4.08. The lowest BCUT2D eigenvalue weighted by molar-refractivity contribution is -0.140. The van der Waals surface area contributed by atoms with Crippen molar-refractivity contribution in [3.63, 3.8) is 0 Å². The molecule has 3 rings (SSSR count). The van der Waals surface area contributed by atoms with Crippen LogP contribution in [0.15, 0.2) is 15.9 Å². The number of rotatable bonds is 3. The van der Waals surface area contributed by atoms with Crippen LogP contribution in [0.4, 0.5) is 0 Å². The van der Waals surface area contributed by atoms with Crippen molar-refractivity contribution in [2.45, 2.75) is 35.7 Å². The van der Waals surface area contributed by atoms with Gasteiger partial charge in [0, 0.05) is 17.7 Å². The van der Waals surface area contributed by atoms with Crippen LogP contribution < -0.4 is 5.56 Å². The van der Waals surface area contributed by atoms with Crippen molar-refractivity contribution in [1.82, 2.24) is 4.57 Å². The zero-order valence-corrected chi connectivity index (χ0v) is 11.1. The van der Waals surface area contributed by atoms with E-state index in [-0.39, 0.29) is 5.56 Å². The molecule has 6 heteroatoms. The Morgan fingerprint density at radius 1 is 1.56 bits per heavy atom. The Balaban J connectivity index is 2.22. The summed E-state index contributed by atoms with van der Waals surface area (Å²) in [5, 5.41) is 9.98. The highest BCUT2D eigenvalue weighted by molar-refractivity contribution is 7.99. The number of pyridine rings is 1. The number of carbonyl (C=O) groups is 1. The van der Waals surface area contributed by atoms with Crippen LogP contribution in [0.25, 0.3) is 0 Å². The minimum Gasteiger partial charge on any atom is -0.480 e. The maximum Gasteiger partial charge on any atom is 0.327 e. The molecule has 0 amide bonds. The van der Waals surface area contributed by atoms with E-state index in [1.165, 1.54) is 22.4 Å². The van der Waals surface area contributed by atoms with Gasteiger partial charge < -0.3 is 5.11 Å². The summed E-state index contributed by atoms with van der Waals surface area (Å²) in [6, 6.07) is 0.769. The maximum absolute atomic E-state index is 12.0. The van der Waals surface area contributed by atoms with Crippen molar-refractivity contribution < 1.29 is 9.90 Å². The van der Waals surface area contributed by atoms with Crippen LogP contribution in [0.3, 0.4) is 0 Å². The van der Waals surface area contributed by atoms with E-state index in [9.17, 15) is 9.59 Å². The summed E-state index contributed by atoms with van der Waals surface area (Å²) >= 11 is 7.37. The first-order valence-corrected chi connectivity index (χ1v) is 7.35. The van der Waals surface area contributed by atoms with Gasteiger partial charge in [-0.05, 0) is 29.9 Å². The molecule has 1 saturated carbocycles. The molecule has 0 aromatic carbocycles. The summed E-state index contributed by atoms with van der Waals surface area (Å²) in [7, 11) is 0. The fraction of sp³-hybridized carbons (Fsp3) is 0.500. The minimum absolute atomic E-state index is 0.248. The number of aromatic nitrogens is 1. The van der Waals surface area contributed by atoms with Crippen LogP contribution in [-0.2, 0) is 10.7 Å². The first-order chi connectivity index (χ1) is 8.63. The van der Waals surface area contributed by atoms with Gasteiger partial charge in [-0.1, -0.05) is 0 Å². The molecule has 96 valence electrons. The Hall–Kier alpha value is -0.940. The number of thioether (sulfide) groups is 1. The molecule has 1 aromatic rings. The maximum atomic E-state index is 12.0. The van der Waals surface area contributed by atoms with E-state index in [2.05, 4.69) is 0 Å². The van der Waals surface area contributed by atoms with Crippen molar-refractivity contribution in [2.24, 2.45) is 0 Å². The van der Waals surface area contributed by atoms with Crippen molar-refractivity contribution in [3.05, 3.63) is 27.5 Å². The standard InChI is InChI=1S/C12H12ClNO3S/c13-4-7-3-9(15)14-8(12(16)17)5-18-11(14)10(7)6-1-2-6/h3,6,8H,1-2,4-5H2,(H,16,17). The summed E-state index contributed by atoms with van der Waals surface area (Å²) in [4.78, 5) is 23.2. The summed E-state index contributed by atoms with van der Waals surface area (Å²) < 4.78 is 1.43. The van der Waals surface area contributed by atoms with E-state index >= 15 is 0 Å². The van der Waals surface area contributed by atoms with Crippen LogP contribution in [0, 0.1) is 0 Å². The zero-order valence-electron chi connectivity index (χ0n) is 9.56. The number of aliphatic carboxylic acids is 1.